The quantitative estimate of drug-likeness (QED) is 0.699. The molecule has 2 aliphatic rings. The Kier molecular flexibility index (Phi) is 7.57. The van der Waals surface area contributed by atoms with Gasteiger partial charge in [0, 0.05) is 37.3 Å². The highest BCUT2D eigenvalue weighted by molar-refractivity contribution is 5.94. The van der Waals surface area contributed by atoms with E-state index >= 15 is 0 Å². The van der Waals surface area contributed by atoms with Gasteiger partial charge in [0.25, 0.3) is 0 Å². The molecule has 31 heavy (non-hydrogen) atoms. The second-order valence-electron chi connectivity index (χ2n) is 8.95. The van der Waals surface area contributed by atoms with Crippen molar-refractivity contribution in [1.29, 1.82) is 0 Å². The molecular formula is C24H36N4O3. The number of urea groups is 1. The predicted molar refractivity (Wildman–Crippen MR) is 122 cm³/mol. The van der Waals surface area contributed by atoms with Gasteiger partial charge in [-0.25, -0.2) is 4.79 Å². The van der Waals surface area contributed by atoms with Gasteiger partial charge in [0.05, 0.1) is 0 Å². The molecule has 3 atom stereocenters. The first kappa shape index (κ1) is 23.1. The molecule has 7 nitrogen and oxygen atoms in total. The van der Waals surface area contributed by atoms with Crippen molar-refractivity contribution in [3.63, 3.8) is 0 Å². The van der Waals surface area contributed by atoms with Crippen LogP contribution in [-0.4, -0.2) is 59.4 Å². The molecule has 0 spiro atoms. The molecule has 2 fully saturated rings. The van der Waals surface area contributed by atoms with E-state index in [-0.39, 0.29) is 35.7 Å². The van der Waals surface area contributed by atoms with Gasteiger partial charge in [0.2, 0.25) is 11.8 Å². The molecule has 2 N–H and O–H groups in total. The van der Waals surface area contributed by atoms with Crippen molar-refractivity contribution < 1.29 is 14.4 Å². The van der Waals surface area contributed by atoms with Crippen LogP contribution < -0.4 is 10.6 Å². The fraction of sp³-hybridized carbons (Fsp3) is 0.625. The number of nitrogens with one attached hydrogen (secondary N) is 2. The van der Waals surface area contributed by atoms with Crippen LogP contribution in [0.15, 0.2) is 24.3 Å². The molecule has 1 aromatic carbocycles. The van der Waals surface area contributed by atoms with E-state index in [4.69, 9.17) is 0 Å². The monoisotopic (exact) mass is 428 g/mol. The van der Waals surface area contributed by atoms with Crippen LogP contribution in [0.4, 0.5) is 10.5 Å². The molecule has 170 valence electrons. The number of hydrogen-bond donors (Lipinski definition) is 2. The van der Waals surface area contributed by atoms with E-state index in [1.165, 1.54) is 5.56 Å². The Bertz CT molecular complexity index is 791. The minimum Gasteiger partial charge on any atom is -0.337 e. The molecule has 0 bridgehead atoms. The highest BCUT2D eigenvalue weighted by Gasteiger charge is 2.39. The lowest BCUT2D eigenvalue weighted by Gasteiger charge is -2.41. The number of nitrogens with zero attached hydrogens (tertiary/aromatic N) is 2. The minimum atomic E-state index is -0.599. The highest BCUT2D eigenvalue weighted by Crippen LogP contribution is 2.32. The number of hydrogen-bond acceptors (Lipinski definition) is 3. The van der Waals surface area contributed by atoms with E-state index in [1.54, 1.807) is 4.90 Å². The van der Waals surface area contributed by atoms with Gasteiger partial charge in [-0.15, -0.1) is 0 Å². The average molecular weight is 429 g/mol. The summed E-state index contributed by atoms with van der Waals surface area (Å²) in [6, 6.07) is 6.73. The van der Waals surface area contributed by atoms with Crippen molar-refractivity contribution in [1.82, 2.24) is 15.1 Å². The van der Waals surface area contributed by atoms with Gasteiger partial charge in [-0.2, -0.15) is 0 Å². The Balaban J connectivity index is 1.60. The lowest BCUT2D eigenvalue weighted by Crippen LogP contribution is -2.60. The first-order valence-electron chi connectivity index (χ1n) is 11.6. The standard InChI is InChI=1S/C24H36N4O3/c1-5-16(3)21(26-24(31)25-20-11-7-18(6-2)8-12-20)23(30)27-13-14-28(17(4)15-27)22(29)19-9-10-19/h7-8,11-12,16-17,19,21H,5-6,9-10,13-15H2,1-4H3,(H2,25,26,31). The van der Waals surface area contributed by atoms with Crippen molar-refractivity contribution >= 4 is 23.5 Å². The zero-order valence-electron chi connectivity index (χ0n) is 19.2. The number of rotatable bonds is 7. The molecule has 4 amide bonds. The third-order valence-electron chi connectivity index (χ3n) is 6.53. The molecule has 1 aromatic rings. The van der Waals surface area contributed by atoms with E-state index in [9.17, 15) is 14.4 Å². The highest BCUT2D eigenvalue weighted by atomic mass is 16.2. The van der Waals surface area contributed by atoms with Crippen molar-refractivity contribution in [2.45, 2.75) is 65.5 Å². The summed E-state index contributed by atoms with van der Waals surface area (Å²) in [4.78, 5) is 42.1. The molecule has 1 saturated carbocycles. The molecule has 0 aromatic heterocycles. The lowest BCUT2D eigenvalue weighted by molar-refractivity contribution is -0.144. The van der Waals surface area contributed by atoms with Gasteiger partial charge < -0.3 is 20.4 Å². The van der Waals surface area contributed by atoms with Gasteiger partial charge in [-0.05, 0) is 49.8 Å². The maximum absolute atomic E-state index is 13.3. The third-order valence-corrected chi connectivity index (χ3v) is 6.53. The van der Waals surface area contributed by atoms with Gasteiger partial charge in [0.1, 0.15) is 6.04 Å². The number of carbonyl (C=O) groups is 3. The number of benzene rings is 1. The second kappa shape index (κ2) is 10.2. The number of anilines is 1. The minimum absolute atomic E-state index is 0.00199. The largest absolute Gasteiger partial charge is 0.337 e. The van der Waals surface area contributed by atoms with E-state index < -0.39 is 6.04 Å². The Labute approximate surface area is 185 Å². The fourth-order valence-corrected chi connectivity index (χ4v) is 4.06. The summed E-state index contributed by atoms with van der Waals surface area (Å²) in [5.74, 6) is 0.345. The first-order valence-corrected chi connectivity index (χ1v) is 11.6. The van der Waals surface area contributed by atoms with Crippen molar-refractivity contribution in [3.8, 4) is 0 Å². The maximum atomic E-state index is 13.3. The van der Waals surface area contributed by atoms with Crippen molar-refractivity contribution in [2.24, 2.45) is 11.8 Å². The Morgan fingerprint density at radius 2 is 1.77 bits per heavy atom. The molecule has 0 radical (unpaired) electrons. The van der Waals surface area contributed by atoms with E-state index in [2.05, 4.69) is 17.6 Å². The Morgan fingerprint density at radius 3 is 2.32 bits per heavy atom. The topological polar surface area (TPSA) is 81.8 Å². The zero-order chi connectivity index (χ0) is 22.5. The fourth-order valence-electron chi connectivity index (χ4n) is 4.06. The average Bonchev–Trinajstić information content (AvgIpc) is 3.62. The summed E-state index contributed by atoms with van der Waals surface area (Å²) in [6.45, 7) is 9.66. The molecule has 3 unspecified atom stereocenters. The van der Waals surface area contributed by atoms with Crippen LogP contribution in [0.25, 0.3) is 0 Å². The molecule has 3 rings (SSSR count). The predicted octanol–water partition coefficient (Wildman–Crippen LogP) is 3.25. The van der Waals surface area contributed by atoms with Gasteiger partial charge >= 0.3 is 6.03 Å². The van der Waals surface area contributed by atoms with Crippen LogP contribution in [-0.2, 0) is 16.0 Å². The number of carbonyl (C=O) groups excluding carboxylic acids is 3. The second-order valence-corrected chi connectivity index (χ2v) is 8.95. The van der Waals surface area contributed by atoms with Crippen LogP contribution in [0.5, 0.6) is 0 Å². The molecule has 1 aliphatic heterocycles. The Hall–Kier alpha value is -2.57. The van der Waals surface area contributed by atoms with Gasteiger partial charge in [-0.1, -0.05) is 39.3 Å². The molecular weight excluding hydrogens is 392 g/mol. The summed E-state index contributed by atoms with van der Waals surface area (Å²) in [6.07, 6.45) is 3.69. The number of piperazine rings is 1. The van der Waals surface area contributed by atoms with E-state index in [0.29, 0.717) is 25.3 Å². The lowest BCUT2D eigenvalue weighted by atomic mass is 9.97. The van der Waals surface area contributed by atoms with Crippen LogP contribution in [0.2, 0.25) is 0 Å². The summed E-state index contributed by atoms with van der Waals surface area (Å²) >= 11 is 0. The molecule has 7 heteroatoms. The van der Waals surface area contributed by atoms with Crippen molar-refractivity contribution in [2.75, 3.05) is 25.0 Å². The third kappa shape index (κ3) is 5.77. The van der Waals surface area contributed by atoms with Crippen molar-refractivity contribution in [3.05, 3.63) is 29.8 Å². The van der Waals surface area contributed by atoms with Gasteiger partial charge in [0.15, 0.2) is 0 Å². The Morgan fingerprint density at radius 1 is 1.10 bits per heavy atom. The summed E-state index contributed by atoms with van der Waals surface area (Å²) in [7, 11) is 0. The van der Waals surface area contributed by atoms with Crippen LogP contribution >= 0.6 is 0 Å². The van der Waals surface area contributed by atoms with Crippen LogP contribution in [0.3, 0.4) is 0 Å². The van der Waals surface area contributed by atoms with Crippen LogP contribution in [0, 0.1) is 11.8 Å². The number of aryl methyl sites for hydroxylation is 1. The van der Waals surface area contributed by atoms with E-state index in [1.807, 2.05) is 49.9 Å². The molecule has 1 aliphatic carbocycles. The van der Waals surface area contributed by atoms with E-state index in [0.717, 1.165) is 25.7 Å². The SMILES string of the molecule is CCc1ccc(NC(=O)NC(C(=O)N2CCN(C(=O)C3CC3)C(C)C2)C(C)CC)cc1. The summed E-state index contributed by atoms with van der Waals surface area (Å²) < 4.78 is 0. The summed E-state index contributed by atoms with van der Waals surface area (Å²) in [5.41, 5.74) is 1.90. The maximum Gasteiger partial charge on any atom is 0.319 e. The summed E-state index contributed by atoms with van der Waals surface area (Å²) in [5, 5.41) is 5.73. The van der Waals surface area contributed by atoms with Crippen LogP contribution in [0.1, 0.15) is 52.5 Å². The normalized spacial score (nSPS) is 20.7. The first-order chi connectivity index (χ1) is 14.8. The smallest absolute Gasteiger partial charge is 0.319 e. The molecule has 1 heterocycles. The molecule has 1 saturated heterocycles. The zero-order valence-corrected chi connectivity index (χ0v) is 19.2. The number of amides is 4. The van der Waals surface area contributed by atoms with Gasteiger partial charge in [-0.3, -0.25) is 9.59 Å².